The van der Waals surface area contributed by atoms with Crippen molar-refractivity contribution in [1.29, 1.82) is 0 Å². The van der Waals surface area contributed by atoms with E-state index in [4.69, 9.17) is 0 Å². The van der Waals surface area contributed by atoms with Crippen LogP contribution < -0.4 is 10.6 Å². The highest BCUT2D eigenvalue weighted by atomic mass is 127. The van der Waals surface area contributed by atoms with E-state index in [0.29, 0.717) is 6.04 Å². The first-order valence-electron chi connectivity index (χ1n) is 9.21. The van der Waals surface area contributed by atoms with E-state index in [0.717, 1.165) is 30.9 Å². The van der Waals surface area contributed by atoms with E-state index < -0.39 is 0 Å². The third-order valence-corrected chi connectivity index (χ3v) is 4.56. The predicted octanol–water partition coefficient (Wildman–Crippen LogP) is 3.72. The normalized spacial score (nSPS) is 19.8. The van der Waals surface area contributed by atoms with E-state index in [9.17, 15) is 0 Å². The van der Waals surface area contributed by atoms with Gasteiger partial charge < -0.3 is 15.5 Å². The first-order chi connectivity index (χ1) is 10.5. The molecule has 0 spiro atoms. The van der Waals surface area contributed by atoms with E-state index in [1.165, 1.54) is 45.2 Å². The van der Waals surface area contributed by atoms with Gasteiger partial charge in [0.2, 0.25) is 0 Å². The zero-order chi connectivity index (χ0) is 16.4. The van der Waals surface area contributed by atoms with Crippen molar-refractivity contribution in [2.45, 2.75) is 65.8 Å². The van der Waals surface area contributed by atoms with Gasteiger partial charge in [-0.3, -0.25) is 4.99 Å². The summed E-state index contributed by atoms with van der Waals surface area (Å²) in [6, 6.07) is 0.668. The minimum atomic E-state index is 0. The Kier molecular flexibility index (Phi) is 13.3. The summed E-state index contributed by atoms with van der Waals surface area (Å²) >= 11 is 0. The minimum absolute atomic E-state index is 0. The molecule has 1 atom stereocenters. The van der Waals surface area contributed by atoms with Crippen molar-refractivity contribution in [3.63, 3.8) is 0 Å². The quantitative estimate of drug-likeness (QED) is 0.263. The first-order valence-corrected chi connectivity index (χ1v) is 9.21. The highest BCUT2D eigenvalue weighted by Gasteiger charge is 2.21. The molecule has 1 saturated heterocycles. The van der Waals surface area contributed by atoms with Crippen LogP contribution in [0.25, 0.3) is 0 Å². The molecule has 0 saturated carbocycles. The largest absolute Gasteiger partial charge is 0.356 e. The zero-order valence-electron chi connectivity index (χ0n) is 15.9. The Morgan fingerprint density at radius 1 is 1.17 bits per heavy atom. The highest BCUT2D eigenvalue weighted by molar-refractivity contribution is 14.0. The van der Waals surface area contributed by atoms with Crippen LogP contribution in [0.5, 0.6) is 0 Å². The van der Waals surface area contributed by atoms with E-state index >= 15 is 0 Å². The SMILES string of the molecule is CN=C(NCCCCC(C)C)NCC1CCCN(C(C)C)C1.I. The molecule has 1 rings (SSSR count). The summed E-state index contributed by atoms with van der Waals surface area (Å²) in [6.45, 7) is 13.7. The molecule has 1 unspecified atom stereocenters. The Labute approximate surface area is 161 Å². The van der Waals surface area contributed by atoms with Crippen molar-refractivity contribution >= 4 is 29.9 Å². The van der Waals surface area contributed by atoms with Crippen molar-refractivity contribution in [3.8, 4) is 0 Å². The molecule has 0 aromatic rings. The molecule has 138 valence electrons. The maximum absolute atomic E-state index is 4.34. The third kappa shape index (κ3) is 10.4. The number of unbranched alkanes of at least 4 members (excludes halogenated alkanes) is 1. The number of nitrogens with one attached hydrogen (secondary N) is 2. The van der Waals surface area contributed by atoms with Gasteiger partial charge in [-0.1, -0.05) is 26.7 Å². The van der Waals surface area contributed by atoms with Crippen LogP contribution in [0.3, 0.4) is 0 Å². The lowest BCUT2D eigenvalue weighted by molar-refractivity contribution is 0.141. The summed E-state index contributed by atoms with van der Waals surface area (Å²) < 4.78 is 0. The number of nitrogens with zero attached hydrogens (tertiary/aromatic N) is 2. The zero-order valence-corrected chi connectivity index (χ0v) is 18.2. The summed E-state index contributed by atoms with van der Waals surface area (Å²) in [5, 5.41) is 6.95. The molecule has 5 heteroatoms. The Balaban J connectivity index is 0.00000484. The van der Waals surface area contributed by atoms with Crippen LogP contribution in [0, 0.1) is 11.8 Å². The van der Waals surface area contributed by atoms with E-state index in [1.54, 1.807) is 0 Å². The van der Waals surface area contributed by atoms with Gasteiger partial charge in [0, 0.05) is 32.7 Å². The van der Waals surface area contributed by atoms with Gasteiger partial charge in [-0.05, 0) is 51.5 Å². The molecule has 0 bridgehead atoms. The van der Waals surface area contributed by atoms with Crippen molar-refractivity contribution in [2.24, 2.45) is 16.8 Å². The van der Waals surface area contributed by atoms with Crippen LogP contribution in [0.15, 0.2) is 4.99 Å². The van der Waals surface area contributed by atoms with E-state index in [1.807, 2.05) is 7.05 Å². The van der Waals surface area contributed by atoms with Gasteiger partial charge in [-0.2, -0.15) is 0 Å². The summed E-state index contributed by atoms with van der Waals surface area (Å²) in [5.41, 5.74) is 0. The molecule has 1 fully saturated rings. The smallest absolute Gasteiger partial charge is 0.190 e. The number of hydrogen-bond donors (Lipinski definition) is 2. The van der Waals surface area contributed by atoms with Gasteiger partial charge in [-0.15, -0.1) is 24.0 Å². The van der Waals surface area contributed by atoms with Crippen LogP contribution in [0.2, 0.25) is 0 Å². The van der Waals surface area contributed by atoms with Gasteiger partial charge >= 0.3 is 0 Å². The fourth-order valence-electron chi connectivity index (χ4n) is 3.08. The van der Waals surface area contributed by atoms with Gasteiger partial charge in [0.05, 0.1) is 0 Å². The second-order valence-electron chi connectivity index (χ2n) is 7.37. The third-order valence-electron chi connectivity index (χ3n) is 4.56. The summed E-state index contributed by atoms with van der Waals surface area (Å²) in [5.74, 6) is 2.52. The minimum Gasteiger partial charge on any atom is -0.356 e. The number of guanidine groups is 1. The summed E-state index contributed by atoms with van der Waals surface area (Å²) in [7, 11) is 1.87. The van der Waals surface area contributed by atoms with Gasteiger partial charge in [0.15, 0.2) is 5.96 Å². The molecule has 0 amide bonds. The molecular weight excluding hydrogens is 399 g/mol. The fourth-order valence-corrected chi connectivity index (χ4v) is 3.08. The van der Waals surface area contributed by atoms with Gasteiger partial charge in [0.25, 0.3) is 0 Å². The Hall–Kier alpha value is -0.0400. The molecule has 4 nitrogen and oxygen atoms in total. The number of piperidine rings is 1. The number of hydrogen-bond acceptors (Lipinski definition) is 2. The number of likely N-dealkylation sites (tertiary alicyclic amines) is 1. The summed E-state index contributed by atoms with van der Waals surface area (Å²) in [6.07, 6.45) is 6.51. The monoisotopic (exact) mass is 438 g/mol. The first kappa shape index (κ1) is 23.0. The maximum Gasteiger partial charge on any atom is 0.190 e. The molecule has 0 aliphatic carbocycles. The average Bonchev–Trinajstić information content (AvgIpc) is 2.50. The second kappa shape index (κ2) is 13.3. The molecule has 23 heavy (non-hydrogen) atoms. The standard InChI is InChI=1S/C18H38N4.HI/c1-15(2)9-6-7-11-20-18(19-5)21-13-17-10-8-12-22(14-17)16(3)4;/h15-17H,6-14H2,1-5H3,(H2,19,20,21);1H. The van der Waals surface area contributed by atoms with E-state index in [-0.39, 0.29) is 24.0 Å². The Morgan fingerprint density at radius 2 is 1.91 bits per heavy atom. The topological polar surface area (TPSA) is 39.7 Å². The van der Waals surface area contributed by atoms with Crippen LogP contribution in [0.1, 0.15) is 59.8 Å². The van der Waals surface area contributed by atoms with Gasteiger partial charge in [-0.25, -0.2) is 0 Å². The number of halogens is 1. The van der Waals surface area contributed by atoms with Crippen LogP contribution in [0.4, 0.5) is 0 Å². The van der Waals surface area contributed by atoms with Gasteiger partial charge in [0.1, 0.15) is 0 Å². The molecule has 0 aromatic heterocycles. The fraction of sp³-hybridized carbons (Fsp3) is 0.944. The lowest BCUT2D eigenvalue weighted by Crippen LogP contribution is -2.46. The second-order valence-corrected chi connectivity index (χ2v) is 7.37. The summed E-state index contributed by atoms with van der Waals surface area (Å²) in [4.78, 5) is 6.94. The molecule has 0 radical (unpaired) electrons. The van der Waals surface area contributed by atoms with Crippen LogP contribution in [-0.2, 0) is 0 Å². The maximum atomic E-state index is 4.34. The molecule has 1 heterocycles. The molecule has 1 aliphatic rings. The van der Waals surface area contributed by atoms with Crippen molar-refractivity contribution in [1.82, 2.24) is 15.5 Å². The Morgan fingerprint density at radius 3 is 2.52 bits per heavy atom. The average molecular weight is 438 g/mol. The lowest BCUT2D eigenvalue weighted by Gasteiger charge is -2.35. The predicted molar refractivity (Wildman–Crippen MR) is 113 cm³/mol. The molecule has 0 aromatic carbocycles. The Bertz CT molecular complexity index is 318. The van der Waals surface area contributed by atoms with Crippen LogP contribution in [-0.4, -0.2) is 50.1 Å². The highest BCUT2D eigenvalue weighted by Crippen LogP contribution is 2.17. The van der Waals surface area contributed by atoms with Crippen molar-refractivity contribution in [2.75, 3.05) is 33.2 Å². The number of rotatable bonds is 8. The van der Waals surface area contributed by atoms with Crippen molar-refractivity contribution < 1.29 is 0 Å². The molecular formula is C18H39IN4. The lowest BCUT2D eigenvalue weighted by atomic mass is 9.97. The number of aliphatic imine (C=N–C) groups is 1. The molecule has 1 aliphatic heterocycles. The van der Waals surface area contributed by atoms with Crippen LogP contribution >= 0.6 is 24.0 Å². The van der Waals surface area contributed by atoms with E-state index in [2.05, 4.69) is 48.2 Å². The molecule has 2 N–H and O–H groups in total. The van der Waals surface area contributed by atoms with Crippen molar-refractivity contribution in [3.05, 3.63) is 0 Å².